The Hall–Kier alpha value is -1.57. The van der Waals surface area contributed by atoms with Gasteiger partial charge in [0.2, 0.25) is 0 Å². The van der Waals surface area contributed by atoms with Crippen molar-refractivity contribution < 1.29 is 0 Å². The molecule has 3 rings (SSSR count). The summed E-state index contributed by atoms with van der Waals surface area (Å²) in [4.78, 5) is 7.76. The molecule has 1 aliphatic heterocycles. The molecule has 7 heteroatoms. The standard InChI is InChI=1S/C29H47N5S2/c1-8-10-25-24(9-2)26(30)28(36-19-21-11-13-23(14-12-21)33(6)35-7)32-27(25)34-17-15-22(16-18-34)31-20-29(3,4)5/h11-14,22,31H,8-10,15-20,30H2,1-7H3. The third-order valence-electron chi connectivity index (χ3n) is 6.92. The summed E-state index contributed by atoms with van der Waals surface area (Å²) in [7, 11) is 2.09. The minimum absolute atomic E-state index is 0.317. The molecule has 0 saturated carbocycles. The van der Waals surface area contributed by atoms with Crippen molar-refractivity contribution in [2.45, 2.75) is 83.5 Å². The summed E-state index contributed by atoms with van der Waals surface area (Å²) in [6, 6.07) is 9.40. The van der Waals surface area contributed by atoms with Crippen molar-refractivity contribution in [3.05, 3.63) is 41.0 Å². The number of aromatic nitrogens is 1. The third-order valence-corrected chi connectivity index (χ3v) is 8.74. The van der Waals surface area contributed by atoms with Gasteiger partial charge in [-0.3, -0.25) is 0 Å². The van der Waals surface area contributed by atoms with E-state index in [0.29, 0.717) is 11.5 Å². The SMILES string of the molecule is CCCc1c(N2CCC(NCC(C)(C)C)CC2)nc(SCc2ccc(N(C)SC)cc2)c(N)c1CC. The Morgan fingerprint density at radius 3 is 2.33 bits per heavy atom. The van der Waals surface area contributed by atoms with Crippen molar-refractivity contribution in [1.82, 2.24) is 10.3 Å². The molecule has 1 aromatic carbocycles. The van der Waals surface area contributed by atoms with Crippen molar-refractivity contribution in [3.63, 3.8) is 0 Å². The predicted octanol–water partition coefficient (Wildman–Crippen LogP) is 6.79. The molecule has 2 aromatic rings. The molecular formula is C29H47N5S2. The number of pyridine rings is 1. The summed E-state index contributed by atoms with van der Waals surface area (Å²) in [5.41, 5.74) is 13.1. The van der Waals surface area contributed by atoms with E-state index in [9.17, 15) is 0 Å². The predicted molar refractivity (Wildman–Crippen MR) is 163 cm³/mol. The van der Waals surface area contributed by atoms with Crippen molar-refractivity contribution in [2.24, 2.45) is 5.41 Å². The Bertz CT molecular complexity index is 963. The number of nitrogens with zero attached hydrogens (tertiary/aromatic N) is 3. The molecule has 2 heterocycles. The van der Waals surface area contributed by atoms with E-state index >= 15 is 0 Å². The Morgan fingerprint density at radius 1 is 1.11 bits per heavy atom. The average Bonchev–Trinajstić information content (AvgIpc) is 2.87. The summed E-state index contributed by atoms with van der Waals surface area (Å²) < 4.78 is 2.17. The molecule has 0 unspecified atom stereocenters. The highest BCUT2D eigenvalue weighted by Crippen LogP contribution is 2.37. The third kappa shape index (κ3) is 7.72. The molecule has 5 nitrogen and oxygen atoms in total. The molecule has 3 N–H and O–H groups in total. The summed E-state index contributed by atoms with van der Waals surface area (Å²) >= 11 is 3.49. The lowest BCUT2D eigenvalue weighted by Crippen LogP contribution is -2.45. The first-order valence-corrected chi connectivity index (χ1v) is 15.6. The summed E-state index contributed by atoms with van der Waals surface area (Å²) in [6.45, 7) is 14.5. The molecule has 0 amide bonds. The second-order valence-corrected chi connectivity index (χ2v) is 12.9. The number of rotatable bonds is 11. The maximum atomic E-state index is 6.75. The Morgan fingerprint density at radius 2 is 1.78 bits per heavy atom. The van der Waals surface area contributed by atoms with Crippen LogP contribution >= 0.6 is 23.7 Å². The number of benzene rings is 1. The van der Waals surface area contributed by atoms with Crippen LogP contribution in [0.2, 0.25) is 0 Å². The Kier molecular flexibility index (Phi) is 10.7. The number of hydrogen-bond donors (Lipinski definition) is 2. The summed E-state index contributed by atoms with van der Waals surface area (Å²) in [5.74, 6) is 2.05. The lowest BCUT2D eigenvalue weighted by atomic mass is 9.95. The van der Waals surface area contributed by atoms with Crippen molar-refractivity contribution >= 4 is 40.9 Å². The van der Waals surface area contributed by atoms with Crippen LogP contribution in [0.1, 0.15) is 70.6 Å². The van der Waals surface area contributed by atoms with Crippen molar-refractivity contribution in [3.8, 4) is 0 Å². The molecule has 1 aliphatic rings. The van der Waals surface area contributed by atoms with Crippen LogP contribution < -0.4 is 20.3 Å². The van der Waals surface area contributed by atoms with Gasteiger partial charge in [-0.05, 0) is 59.9 Å². The average molecular weight is 530 g/mol. The van der Waals surface area contributed by atoms with Crippen LogP contribution in [0.15, 0.2) is 29.3 Å². The maximum absolute atomic E-state index is 6.75. The number of piperidine rings is 1. The van der Waals surface area contributed by atoms with E-state index in [1.165, 1.54) is 28.2 Å². The van der Waals surface area contributed by atoms with Crippen LogP contribution in [0.25, 0.3) is 0 Å². The van der Waals surface area contributed by atoms with Crippen LogP contribution in [0.4, 0.5) is 17.2 Å². The lowest BCUT2D eigenvalue weighted by Gasteiger charge is -2.36. The lowest BCUT2D eigenvalue weighted by molar-refractivity contribution is 0.323. The minimum atomic E-state index is 0.317. The van der Waals surface area contributed by atoms with Gasteiger partial charge in [0.25, 0.3) is 0 Å². The van der Waals surface area contributed by atoms with Gasteiger partial charge in [-0.1, -0.05) is 76.9 Å². The fourth-order valence-corrected chi connectivity index (χ4v) is 6.00. The summed E-state index contributed by atoms with van der Waals surface area (Å²) in [6.07, 6.45) is 7.50. The number of nitrogens with one attached hydrogen (secondary N) is 1. The first-order valence-electron chi connectivity index (χ1n) is 13.5. The van der Waals surface area contributed by atoms with E-state index in [1.54, 1.807) is 23.7 Å². The van der Waals surface area contributed by atoms with E-state index in [4.69, 9.17) is 10.7 Å². The fraction of sp³-hybridized carbons (Fsp3) is 0.621. The molecule has 1 aromatic heterocycles. The van der Waals surface area contributed by atoms with E-state index in [1.807, 2.05) is 0 Å². The van der Waals surface area contributed by atoms with Gasteiger partial charge in [-0.15, -0.1) is 0 Å². The number of anilines is 3. The smallest absolute Gasteiger partial charge is 0.133 e. The fourth-order valence-electron chi connectivity index (χ4n) is 4.74. The topological polar surface area (TPSA) is 57.4 Å². The van der Waals surface area contributed by atoms with Gasteiger partial charge in [-0.2, -0.15) is 0 Å². The van der Waals surface area contributed by atoms with Crippen LogP contribution in [-0.4, -0.2) is 44.0 Å². The normalized spacial score (nSPS) is 14.9. The molecule has 0 spiro atoms. The zero-order chi connectivity index (χ0) is 26.3. The van der Waals surface area contributed by atoms with Crippen LogP contribution in [0.3, 0.4) is 0 Å². The molecule has 0 bridgehead atoms. The molecule has 1 saturated heterocycles. The van der Waals surface area contributed by atoms with Crippen LogP contribution in [0, 0.1) is 5.41 Å². The van der Waals surface area contributed by atoms with Gasteiger partial charge in [0.1, 0.15) is 10.8 Å². The van der Waals surface area contributed by atoms with Crippen LogP contribution in [0.5, 0.6) is 0 Å². The van der Waals surface area contributed by atoms with Gasteiger partial charge in [0, 0.05) is 50.4 Å². The van der Waals surface area contributed by atoms with Gasteiger partial charge >= 0.3 is 0 Å². The minimum Gasteiger partial charge on any atom is -0.396 e. The second kappa shape index (κ2) is 13.3. The van der Waals surface area contributed by atoms with E-state index in [0.717, 1.165) is 68.2 Å². The monoisotopic (exact) mass is 529 g/mol. The number of nitrogens with two attached hydrogens (primary N) is 1. The number of nitrogen functional groups attached to an aromatic ring is 1. The maximum Gasteiger partial charge on any atom is 0.133 e. The quantitative estimate of drug-likeness (QED) is 0.245. The van der Waals surface area contributed by atoms with E-state index in [2.05, 4.69) is 86.7 Å². The Balaban J connectivity index is 1.78. The van der Waals surface area contributed by atoms with Crippen molar-refractivity contribution in [1.29, 1.82) is 0 Å². The number of thioether (sulfide) groups is 1. The van der Waals surface area contributed by atoms with E-state index in [-0.39, 0.29) is 0 Å². The van der Waals surface area contributed by atoms with Crippen LogP contribution in [-0.2, 0) is 18.6 Å². The van der Waals surface area contributed by atoms with Crippen molar-refractivity contribution in [2.75, 3.05) is 47.9 Å². The zero-order valence-electron chi connectivity index (χ0n) is 23.5. The highest BCUT2D eigenvalue weighted by Gasteiger charge is 2.26. The van der Waals surface area contributed by atoms with Gasteiger partial charge in [0.15, 0.2) is 0 Å². The highest BCUT2D eigenvalue weighted by atomic mass is 32.2. The number of hydrogen-bond acceptors (Lipinski definition) is 7. The molecule has 0 radical (unpaired) electrons. The molecular weight excluding hydrogens is 482 g/mol. The first-order chi connectivity index (χ1) is 17.2. The largest absolute Gasteiger partial charge is 0.396 e. The summed E-state index contributed by atoms with van der Waals surface area (Å²) in [5, 5.41) is 4.78. The van der Waals surface area contributed by atoms with Gasteiger partial charge in [-0.25, -0.2) is 4.98 Å². The van der Waals surface area contributed by atoms with Gasteiger partial charge < -0.3 is 20.3 Å². The second-order valence-electron chi connectivity index (χ2n) is 11.1. The Labute approximate surface area is 228 Å². The van der Waals surface area contributed by atoms with E-state index < -0.39 is 0 Å². The molecule has 1 fully saturated rings. The molecule has 0 atom stereocenters. The first kappa shape index (κ1) is 29.0. The molecule has 0 aliphatic carbocycles. The molecule has 36 heavy (non-hydrogen) atoms. The zero-order valence-corrected chi connectivity index (χ0v) is 25.1. The van der Waals surface area contributed by atoms with Gasteiger partial charge in [0.05, 0.1) is 5.69 Å². The highest BCUT2D eigenvalue weighted by molar-refractivity contribution is 7.99. The molecule has 200 valence electrons.